The molecular weight excluding hydrogens is 328 g/mol. The third-order valence-corrected chi connectivity index (χ3v) is 5.17. The second-order valence-electron chi connectivity index (χ2n) is 7.21. The lowest BCUT2D eigenvalue weighted by Gasteiger charge is -2.26. The molecule has 0 saturated heterocycles. The predicted molar refractivity (Wildman–Crippen MR) is 104 cm³/mol. The second kappa shape index (κ2) is 11.1. The van der Waals surface area contributed by atoms with Crippen LogP contribution in [0.25, 0.3) is 0 Å². The van der Waals surface area contributed by atoms with Gasteiger partial charge in [-0.25, -0.2) is 4.79 Å². The molecule has 1 aromatic rings. The summed E-state index contributed by atoms with van der Waals surface area (Å²) in [6.07, 6.45) is 13.4. The minimum absolute atomic E-state index is 0.0311. The van der Waals surface area contributed by atoms with Gasteiger partial charge < -0.3 is 14.2 Å². The number of fused-ring (bicyclic) bond motifs is 1. The van der Waals surface area contributed by atoms with E-state index >= 15 is 0 Å². The molecule has 1 aliphatic rings. The van der Waals surface area contributed by atoms with E-state index in [2.05, 4.69) is 6.92 Å². The molecule has 1 aliphatic heterocycles. The quantitative estimate of drug-likeness (QED) is 0.353. The maximum absolute atomic E-state index is 12.4. The number of methoxy groups -OCH3 is 2. The second-order valence-corrected chi connectivity index (χ2v) is 7.21. The van der Waals surface area contributed by atoms with E-state index in [1.165, 1.54) is 51.4 Å². The van der Waals surface area contributed by atoms with E-state index in [-0.39, 0.29) is 12.1 Å². The molecule has 26 heavy (non-hydrogen) atoms. The molecule has 1 aromatic carbocycles. The molecule has 146 valence electrons. The fraction of sp³-hybridized carbons (Fsp3) is 0.682. The van der Waals surface area contributed by atoms with Crippen molar-refractivity contribution in [1.82, 2.24) is 0 Å². The topological polar surface area (TPSA) is 44.8 Å². The Bertz CT molecular complexity index is 568. The van der Waals surface area contributed by atoms with Crippen LogP contribution in [-0.4, -0.2) is 26.3 Å². The van der Waals surface area contributed by atoms with Crippen LogP contribution < -0.4 is 9.47 Å². The standard InChI is InChI=1S/C22H34O4/c1-4-5-6-7-8-9-10-11-12-13-18-14-17-15-19(24-2)16-20(25-3)21(17)22(23)26-18/h15-16,18H,4-14H2,1-3H3/t18-/m1/s1. The van der Waals surface area contributed by atoms with Crippen molar-refractivity contribution in [2.24, 2.45) is 0 Å². The van der Waals surface area contributed by atoms with Crippen molar-refractivity contribution < 1.29 is 19.0 Å². The highest BCUT2D eigenvalue weighted by Crippen LogP contribution is 2.34. The summed E-state index contributed by atoms with van der Waals surface area (Å²) in [5.74, 6) is 0.981. The van der Waals surface area contributed by atoms with E-state index in [1.54, 1.807) is 20.3 Å². The van der Waals surface area contributed by atoms with Crippen molar-refractivity contribution >= 4 is 5.97 Å². The number of rotatable bonds is 12. The van der Waals surface area contributed by atoms with Crippen LogP contribution in [0.2, 0.25) is 0 Å². The number of hydrogen-bond donors (Lipinski definition) is 0. The van der Waals surface area contributed by atoms with Crippen molar-refractivity contribution in [1.29, 1.82) is 0 Å². The Balaban J connectivity index is 1.76. The van der Waals surface area contributed by atoms with Gasteiger partial charge in [-0.05, 0) is 24.5 Å². The molecule has 1 heterocycles. The Morgan fingerprint density at radius 2 is 1.62 bits per heavy atom. The Kier molecular flexibility index (Phi) is 8.79. The van der Waals surface area contributed by atoms with Gasteiger partial charge in [-0.1, -0.05) is 58.3 Å². The highest BCUT2D eigenvalue weighted by Gasteiger charge is 2.30. The summed E-state index contributed by atoms with van der Waals surface area (Å²) >= 11 is 0. The number of benzene rings is 1. The van der Waals surface area contributed by atoms with Crippen molar-refractivity contribution in [2.45, 2.75) is 83.7 Å². The first-order chi connectivity index (χ1) is 12.7. The summed E-state index contributed by atoms with van der Waals surface area (Å²) in [5, 5.41) is 0. The van der Waals surface area contributed by atoms with Gasteiger partial charge in [0, 0.05) is 12.5 Å². The number of cyclic esters (lactones) is 1. The zero-order chi connectivity index (χ0) is 18.8. The zero-order valence-electron chi connectivity index (χ0n) is 16.6. The van der Waals surface area contributed by atoms with Crippen molar-refractivity contribution in [3.05, 3.63) is 23.3 Å². The van der Waals surface area contributed by atoms with Crippen LogP contribution in [-0.2, 0) is 11.2 Å². The number of ether oxygens (including phenoxy) is 3. The van der Waals surface area contributed by atoms with Gasteiger partial charge in [0.15, 0.2) is 0 Å². The lowest BCUT2D eigenvalue weighted by molar-refractivity contribution is 0.0227. The molecule has 0 bridgehead atoms. The maximum Gasteiger partial charge on any atom is 0.342 e. The molecule has 4 nitrogen and oxygen atoms in total. The van der Waals surface area contributed by atoms with Gasteiger partial charge in [-0.2, -0.15) is 0 Å². The van der Waals surface area contributed by atoms with E-state index < -0.39 is 0 Å². The molecule has 0 fully saturated rings. The molecule has 0 saturated carbocycles. The van der Waals surface area contributed by atoms with E-state index in [0.717, 1.165) is 30.6 Å². The van der Waals surface area contributed by atoms with Gasteiger partial charge in [0.05, 0.1) is 14.2 Å². The SMILES string of the molecule is CCCCCCCCCCC[C@@H]1Cc2cc(OC)cc(OC)c2C(=O)O1. The van der Waals surface area contributed by atoms with Crippen molar-refractivity contribution in [3.63, 3.8) is 0 Å². The summed E-state index contributed by atoms with van der Waals surface area (Å²) < 4.78 is 16.3. The Labute approximate surface area is 158 Å². The predicted octanol–water partition coefficient (Wildman–Crippen LogP) is 5.71. The molecular formula is C22H34O4. The number of hydrogen-bond acceptors (Lipinski definition) is 4. The number of carbonyl (C=O) groups excluding carboxylic acids is 1. The van der Waals surface area contributed by atoms with Gasteiger partial charge in [0.25, 0.3) is 0 Å². The van der Waals surface area contributed by atoms with Crippen LogP contribution in [0.3, 0.4) is 0 Å². The molecule has 0 unspecified atom stereocenters. The fourth-order valence-electron chi connectivity index (χ4n) is 3.66. The van der Waals surface area contributed by atoms with E-state index in [9.17, 15) is 4.79 Å². The van der Waals surface area contributed by atoms with Crippen molar-refractivity contribution in [2.75, 3.05) is 14.2 Å². The third-order valence-electron chi connectivity index (χ3n) is 5.17. The summed E-state index contributed by atoms with van der Waals surface area (Å²) in [6.45, 7) is 2.25. The lowest BCUT2D eigenvalue weighted by atomic mass is 9.94. The van der Waals surface area contributed by atoms with Crippen LogP contribution in [0.4, 0.5) is 0 Å². The molecule has 0 radical (unpaired) electrons. The molecule has 0 amide bonds. The lowest BCUT2D eigenvalue weighted by Crippen LogP contribution is -2.28. The minimum atomic E-state index is -0.272. The average molecular weight is 363 g/mol. The van der Waals surface area contributed by atoms with Gasteiger partial charge in [0.2, 0.25) is 0 Å². The highest BCUT2D eigenvalue weighted by atomic mass is 16.5. The molecule has 2 rings (SSSR count). The van der Waals surface area contributed by atoms with Gasteiger partial charge in [-0.3, -0.25) is 0 Å². The normalized spacial score (nSPS) is 16.1. The first-order valence-electron chi connectivity index (χ1n) is 10.2. The fourth-order valence-corrected chi connectivity index (χ4v) is 3.66. The third kappa shape index (κ3) is 5.93. The monoisotopic (exact) mass is 362 g/mol. The summed E-state index contributed by atoms with van der Waals surface area (Å²) in [4.78, 5) is 12.4. The Morgan fingerprint density at radius 3 is 2.23 bits per heavy atom. The maximum atomic E-state index is 12.4. The van der Waals surface area contributed by atoms with Gasteiger partial charge in [-0.15, -0.1) is 0 Å². The van der Waals surface area contributed by atoms with Crippen LogP contribution in [0, 0.1) is 0 Å². The van der Waals surface area contributed by atoms with Crippen LogP contribution in [0.15, 0.2) is 12.1 Å². The molecule has 1 atom stereocenters. The minimum Gasteiger partial charge on any atom is -0.497 e. The molecule has 0 spiro atoms. The number of carbonyl (C=O) groups is 1. The number of esters is 1. The Morgan fingerprint density at radius 1 is 0.962 bits per heavy atom. The molecule has 4 heteroatoms. The molecule has 0 aromatic heterocycles. The summed E-state index contributed by atoms with van der Waals surface area (Å²) in [5.41, 5.74) is 1.52. The summed E-state index contributed by atoms with van der Waals surface area (Å²) in [7, 11) is 3.19. The van der Waals surface area contributed by atoms with Gasteiger partial charge in [0.1, 0.15) is 23.2 Å². The van der Waals surface area contributed by atoms with Crippen LogP contribution >= 0.6 is 0 Å². The first-order valence-corrected chi connectivity index (χ1v) is 10.2. The Hall–Kier alpha value is -1.71. The highest BCUT2D eigenvalue weighted by molar-refractivity contribution is 5.95. The van der Waals surface area contributed by atoms with E-state index in [4.69, 9.17) is 14.2 Å². The van der Waals surface area contributed by atoms with Crippen LogP contribution in [0.1, 0.15) is 87.1 Å². The average Bonchev–Trinajstić information content (AvgIpc) is 2.65. The van der Waals surface area contributed by atoms with Crippen molar-refractivity contribution in [3.8, 4) is 11.5 Å². The number of unbranched alkanes of at least 4 members (excludes halogenated alkanes) is 8. The zero-order valence-corrected chi connectivity index (χ0v) is 16.6. The van der Waals surface area contributed by atoms with Crippen LogP contribution in [0.5, 0.6) is 11.5 Å². The molecule has 0 N–H and O–H groups in total. The smallest absolute Gasteiger partial charge is 0.342 e. The summed E-state index contributed by atoms with van der Waals surface area (Å²) in [6, 6.07) is 3.67. The molecule has 0 aliphatic carbocycles. The largest absolute Gasteiger partial charge is 0.497 e. The first kappa shape index (κ1) is 20.6. The van der Waals surface area contributed by atoms with Gasteiger partial charge >= 0.3 is 5.97 Å². The van der Waals surface area contributed by atoms with E-state index in [0.29, 0.717) is 11.3 Å². The van der Waals surface area contributed by atoms with E-state index in [1.807, 2.05) is 6.07 Å².